The van der Waals surface area contributed by atoms with Gasteiger partial charge >= 0.3 is 0 Å². The number of amides is 2. The van der Waals surface area contributed by atoms with Crippen LogP contribution in [0.25, 0.3) is 0 Å². The highest BCUT2D eigenvalue weighted by molar-refractivity contribution is 7.90. The zero-order valence-electron chi connectivity index (χ0n) is 11.4. The quantitative estimate of drug-likeness (QED) is 0.653. The summed E-state index contributed by atoms with van der Waals surface area (Å²) in [6, 6.07) is 0. The Bertz CT molecular complexity index is 427. The fourth-order valence-electron chi connectivity index (χ4n) is 1.71. The highest BCUT2D eigenvalue weighted by atomic mass is 32.2. The Balaban J connectivity index is 2.24. The number of piperazine rings is 1. The Labute approximate surface area is 113 Å². The molecule has 1 N–H and O–H groups in total. The molecule has 1 rings (SSSR count). The van der Waals surface area contributed by atoms with E-state index in [1.807, 2.05) is 7.05 Å². The van der Waals surface area contributed by atoms with Crippen molar-refractivity contribution in [2.75, 3.05) is 51.8 Å². The van der Waals surface area contributed by atoms with Gasteiger partial charge in [0.05, 0.1) is 12.3 Å². The third-order valence-corrected chi connectivity index (χ3v) is 3.94. The third kappa shape index (κ3) is 6.53. The van der Waals surface area contributed by atoms with E-state index < -0.39 is 15.7 Å². The topological polar surface area (TPSA) is 86.8 Å². The summed E-state index contributed by atoms with van der Waals surface area (Å²) >= 11 is 0. The van der Waals surface area contributed by atoms with Crippen molar-refractivity contribution in [1.29, 1.82) is 0 Å². The molecule has 8 heteroatoms. The second-order valence-corrected chi connectivity index (χ2v) is 7.10. The van der Waals surface area contributed by atoms with Crippen molar-refractivity contribution in [3.05, 3.63) is 0 Å². The molecule has 1 heterocycles. The summed E-state index contributed by atoms with van der Waals surface area (Å²) < 4.78 is 21.8. The zero-order chi connectivity index (χ0) is 14.5. The highest BCUT2D eigenvalue weighted by Gasteiger charge is 2.19. The molecule has 0 aromatic rings. The van der Waals surface area contributed by atoms with Crippen molar-refractivity contribution in [1.82, 2.24) is 15.1 Å². The van der Waals surface area contributed by atoms with Crippen LogP contribution in [0.5, 0.6) is 0 Å². The molecular weight excluding hydrogens is 270 g/mol. The molecular formula is C11H21N3O4S. The van der Waals surface area contributed by atoms with E-state index in [0.29, 0.717) is 13.1 Å². The lowest BCUT2D eigenvalue weighted by Gasteiger charge is -2.32. The van der Waals surface area contributed by atoms with E-state index in [0.717, 1.165) is 19.3 Å². The van der Waals surface area contributed by atoms with Gasteiger partial charge in [-0.2, -0.15) is 0 Å². The second kappa shape index (κ2) is 6.85. The van der Waals surface area contributed by atoms with E-state index in [1.54, 1.807) is 4.90 Å². The summed E-state index contributed by atoms with van der Waals surface area (Å²) in [7, 11) is -1.15. The van der Waals surface area contributed by atoms with Crippen LogP contribution in [-0.2, 0) is 19.4 Å². The Hall–Kier alpha value is -1.15. The number of nitrogens with zero attached hydrogens (tertiary/aromatic N) is 2. The molecule has 2 amide bonds. The van der Waals surface area contributed by atoms with E-state index in [9.17, 15) is 18.0 Å². The van der Waals surface area contributed by atoms with Gasteiger partial charge < -0.3 is 15.1 Å². The molecule has 110 valence electrons. The van der Waals surface area contributed by atoms with Crippen molar-refractivity contribution < 1.29 is 18.0 Å². The fraction of sp³-hybridized carbons (Fsp3) is 0.818. The van der Waals surface area contributed by atoms with Gasteiger partial charge in [0.25, 0.3) is 0 Å². The molecule has 0 radical (unpaired) electrons. The van der Waals surface area contributed by atoms with Crippen LogP contribution in [0.4, 0.5) is 0 Å². The van der Waals surface area contributed by atoms with Crippen LogP contribution < -0.4 is 5.32 Å². The third-order valence-electron chi connectivity index (χ3n) is 2.99. The van der Waals surface area contributed by atoms with Gasteiger partial charge in [-0.25, -0.2) is 8.42 Å². The molecule has 1 aliphatic rings. The van der Waals surface area contributed by atoms with E-state index in [1.165, 1.54) is 0 Å². The number of nitrogens with one attached hydrogen (secondary N) is 1. The number of sulfone groups is 1. The van der Waals surface area contributed by atoms with Gasteiger partial charge in [0.2, 0.25) is 11.8 Å². The molecule has 7 nitrogen and oxygen atoms in total. The first-order valence-corrected chi connectivity index (χ1v) is 8.25. The Morgan fingerprint density at radius 2 is 1.74 bits per heavy atom. The van der Waals surface area contributed by atoms with Crippen LogP contribution in [0.3, 0.4) is 0 Å². The summed E-state index contributed by atoms with van der Waals surface area (Å²) in [5, 5.41) is 2.46. The molecule has 0 aromatic heterocycles. The minimum absolute atomic E-state index is 0.0632. The largest absolute Gasteiger partial charge is 0.347 e. The SMILES string of the molecule is CN1CCN(C(=O)CNC(=O)CCS(C)(=O)=O)CC1. The van der Waals surface area contributed by atoms with E-state index in [-0.39, 0.29) is 24.6 Å². The van der Waals surface area contributed by atoms with Crippen molar-refractivity contribution in [3.63, 3.8) is 0 Å². The van der Waals surface area contributed by atoms with Crippen molar-refractivity contribution in [2.45, 2.75) is 6.42 Å². The number of rotatable bonds is 5. The normalized spacial score (nSPS) is 17.3. The first-order chi connectivity index (χ1) is 8.78. The maximum atomic E-state index is 11.8. The van der Waals surface area contributed by atoms with Gasteiger partial charge in [-0.1, -0.05) is 0 Å². The Morgan fingerprint density at radius 1 is 1.16 bits per heavy atom. The minimum Gasteiger partial charge on any atom is -0.347 e. The first kappa shape index (κ1) is 15.9. The standard InChI is InChI=1S/C11H21N3O4S/c1-13-4-6-14(7-5-13)11(16)9-12-10(15)3-8-19(2,17)18/h3-9H2,1-2H3,(H,12,15). The molecule has 1 aliphatic heterocycles. The Kier molecular flexibility index (Phi) is 5.74. The van der Waals surface area contributed by atoms with E-state index >= 15 is 0 Å². The molecule has 1 fully saturated rings. The molecule has 0 aliphatic carbocycles. The molecule has 0 atom stereocenters. The van der Waals surface area contributed by atoms with Crippen LogP contribution in [0.15, 0.2) is 0 Å². The predicted octanol–water partition coefficient (Wildman–Crippen LogP) is -1.69. The van der Waals surface area contributed by atoms with Gasteiger partial charge in [-0.05, 0) is 7.05 Å². The van der Waals surface area contributed by atoms with Crippen molar-refractivity contribution in [2.24, 2.45) is 0 Å². The number of hydrogen-bond acceptors (Lipinski definition) is 5. The van der Waals surface area contributed by atoms with Gasteiger partial charge in [-0.15, -0.1) is 0 Å². The van der Waals surface area contributed by atoms with Gasteiger partial charge in [-0.3, -0.25) is 9.59 Å². The van der Waals surface area contributed by atoms with E-state index in [4.69, 9.17) is 0 Å². The first-order valence-electron chi connectivity index (χ1n) is 6.18. The maximum Gasteiger partial charge on any atom is 0.242 e. The van der Waals surface area contributed by atoms with Crippen LogP contribution >= 0.6 is 0 Å². The van der Waals surface area contributed by atoms with Crippen LogP contribution in [0, 0.1) is 0 Å². The number of hydrogen-bond donors (Lipinski definition) is 1. The lowest BCUT2D eigenvalue weighted by Crippen LogP contribution is -2.50. The molecule has 0 spiro atoms. The fourth-order valence-corrected chi connectivity index (χ4v) is 2.26. The van der Waals surface area contributed by atoms with Crippen LogP contribution in [0.2, 0.25) is 0 Å². The van der Waals surface area contributed by atoms with Crippen LogP contribution in [0.1, 0.15) is 6.42 Å². The number of carbonyl (C=O) groups is 2. The predicted molar refractivity (Wildman–Crippen MR) is 71.4 cm³/mol. The monoisotopic (exact) mass is 291 g/mol. The number of likely N-dealkylation sites (N-methyl/N-ethyl adjacent to an activating group) is 1. The lowest BCUT2D eigenvalue weighted by molar-refractivity contribution is -0.134. The Morgan fingerprint density at radius 3 is 2.26 bits per heavy atom. The summed E-state index contributed by atoms with van der Waals surface area (Å²) in [5.74, 6) is -0.727. The van der Waals surface area contributed by atoms with Gasteiger partial charge in [0.1, 0.15) is 9.84 Å². The maximum absolute atomic E-state index is 11.8. The molecule has 1 saturated heterocycles. The highest BCUT2D eigenvalue weighted by Crippen LogP contribution is 1.99. The molecule has 0 saturated carbocycles. The summed E-state index contributed by atoms with van der Waals surface area (Å²) in [6.45, 7) is 2.91. The summed E-state index contributed by atoms with van der Waals surface area (Å²) in [4.78, 5) is 27.0. The molecule has 0 unspecified atom stereocenters. The van der Waals surface area contributed by atoms with Gasteiger partial charge in [0, 0.05) is 38.9 Å². The molecule has 0 aromatic carbocycles. The molecule has 19 heavy (non-hydrogen) atoms. The number of carbonyl (C=O) groups excluding carboxylic acids is 2. The average molecular weight is 291 g/mol. The van der Waals surface area contributed by atoms with Gasteiger partial charge in [0.15, 0.2) is 0 Å². The lowest BCUT2D eigenvalue weighted by atomic mass is 10.3. The van der Waals surface area contributed by atoms with Crippen LogP contribution in [-0.4, -0.2) is 81.8 Å². The zero-order valence-corrected chi connectivity index (χ0v) is 12.2. The van der Waals surface area contributed by atoms with Crippen molar-refractivity contribution >= 4 is 21.7 Å². The second-order valence-electron chi connectivity index (χ2n) is 4.84. The summed E-state index contributed by atoms with van der Waals surface area (Å²) in [5.41, 5.74) is 0. The summed E-state index contributed by atoms with van der Waals surface area (Å²) in [6.07, 6.45) is 0.977. The van der Waals surface area contributed by atoms with E-state index in [2.05, 4.69) is 10.2 Å². The average Bonchev–Trinajstić information content (AvgIpc) is 2.33. The smallest absolute Gasteiger partial charge is 0.242 e. The van der Waals surface area contributed by atoms with Crippen molar-refractivity contribution in [3.8, 4) is 0 Å². The molecule has 0 bridgehead atoms. The minimum atomic E-state index is -3.15.